The molecule has 2 aromatic carbocycles. The molecule has 1 amide bonds. The average Bonchev–Trinajstić information content (AvgIpc) is 2.61. The molecule has 3 aromatic rings. The van der Waals surface area contributed by atoms with Gasteiger partial charge in [-0.15, -0.1) is 0 Å². The van der Waals surface area contributed by atoms with Crippen molar-refractivity contribution in [2.75, 3.05) is 5.32 Å². The van der Waals surface area contributed by atoms with Crippen LogP contribution in [0.15, 0.2) is 53.3 Å². The molecular weight excluding hydrogens is 316 g/mol. The Morgan fingerprint density at radius 3 is 2.52 bits per heavy atom. The molecule has 124 valence electrons. The van der Waals surface area contributed by atoms with Gasteiger partial charge in [-0.05, 0) is 30.7 Å². The zero-order valence-corrected chi connectivity index (χ0v) is 13.7. The number of anilines is 1. The molecule has 0 bridgehead atoms. The molecular formula is C19H16N4O2. The molecule has 0 unspecified atom stereocenters. The highest BCUT2D eigenvalue weighted by Crippen LogP contribution is 2.12. The lowest BCUT2D eigenvalue weighted by Gasteiger charge is -2.09. The molecule has 1 aromatic heterocycles. The summed E-state index contributed by atoms with van der Waals surface area (Å²) >= 11 is 0. The van der Waals surface area contributed by atoms with E-state index in [0.29, 0.717) is 23.2 Å². The first kappa shape index (κ1) is 16.4. The maximum absolute atomic E-state index is 12.5. The summed E-state index contributed by atoms with van der Waals surface area (Å²) in [5.41, 5.74) is 1.89. The normalized spacial score (nSPS) is 10.4. The zero-order chi connectivity index (χ0) is 17.8. The van der Waals surface area contributed by atoms with E-state index in [-0.39, 0.29) is 18.0 Å². The number of aryl methyl sites for hydroxylation is 1. The zero-order valence-electron chi connectivity index (χ0n) is 13.7. The fraction of sp³-hybridized carbons (Fsp3) is 0.158. The van der Waals surface area contributed by atoms with Crippen LogP contribution in [0.4, 0.5) is 5.69 Å². The highest BCUT2D eigenvalue weighted by molar-refractivity contribution is 5.91. The van der Waals surface area contributed by atoms with Crippen molar-refractivity contribution >= 4 is 22.4 Å². The molecule has 0 atom stereocenters. The highest BCUT2D eigenvalue weighted by Gasteiger charge is 2.11. The van der Waals surface area contributed by atoms with Gasteiger partial charge in [0.25, 0.3) is 5.56 Å². The van der Waals surface area contributed by atoms with E-state index in [1.54, 1.807) is 36.4 Å². The van der Waals surface area contributed by atoms with Gasteiger partial charge in [0, 0.05) is 11.1 Å². The van der Waals surface area contributed by atoms with Gasteiger partial charge in [0.15, 0.2) is 0 Å². The van der Waals surface area contributed by atoms with Crippen LogP contribution in [-0.2, 0) is 17.8 Å². The molecule has 0 radical (unpaired) electrons. The number of aromatic nitrogens is 2. The molecule has 1 N–H and O–H groups in total. The summed E-state index contributed by atoms with van der Waals surface area (Å²) in [4.78, 5) is 24.7. The first-order chi connectivity index (χ1) is 12.1. The minimum Gasteiger partial charge on any atom is -0.324 e. The van der Waals surface area contributed by atoms with Crippen LogP contribution in [0, 0.1) is 18.3 Å². The molecule has 3 rings (SSSR count). The third kappa shape index (κ3) is 3.56. The van der Waals surface area contributed by atoms with Crippen LogP contribution >= 0.6 is 0 Å². The Hall–Kier alpha value is -3.46. The topological polar surface area (TPSA) is 87.8 Å². The molecule has 0 fully saturated rings. The van der Waals surface area contributed by atoms with Crippen molar-refractivity contribution in [1.29, 1.82) is 5.26 Å². The first-order valence-electron chi connectivity index (χ1n) is 7.80. The standard InChI is InChI=1S/C19H16N4O2/c1-13-16-4-2-3-5-17(16)19(25)23(22-13)12-18(24)21-15-8-6-14(7-9-15)10-11-20/h2-9H,10,12H2,1H3,(H,21,24). The Morgan fingerprint density at radius 1 is 1.16 bits per heavy atom. The number of carbonyl (C=O) groups excluding carboxylic acids is 1. The molecule has 6 nitrogen and oxygen atoms in total. The lowest BCUT2D eigenvalue weighted by Crippen LogP contribution is -2.30. The Balaban J connectivity index is 1.79. The Labute approximate surface area is 144 Å². The number of rotatable bonds is 4. The number of carbonyl (C=O) groups is 1. The predicted octanol–water partition coefficient (Wildman–Crippen LogP) is 2.41. The van der Waals surface area contributed by atoms with E-state index < -0.39 is 0 Å². The second kappa shape index (κ2) is 6.97. The van der Waals surface area contributed by atoms with Crippen LogP contribution in [0.5, 0.6) is 0 Å². The van der Waals surface area contributed by atoms with Gasteiger partial charge in [0.05, 0.1) is 23.6 Å². The largest absolute Gasteiger partial charge is 0.324 e. The number of hydrogen-bond donors (Lipinski definition) is 1. The smallest absolute Gasteiger partial charge is 0.275 e. The van der Waals surface area contributed by atoms with Gasteiger partial charge >= 0.3 is 0 Å². The number of nitrogens with zero attached hydrogens (tertiary/aromatic N) is 3. The van der Waals surface area contributed by atoms with Crippen molar-refractivity contribution in [3.8, 4) is 6.07 Å². The lowest BCUT2D eigenvalue weighted by molar-refractivity contribution is -0.117. The van der Waals surface area contributed by atoms with Crippen LogP contribution in [0.1, 0.15) is 11.3 Å². The van der Waals surface area contributed by atoms with Crippen LogP contribution in [0.3, 0.4) is 0 Å². The van der Waals surface area contributed by atoms with Crippen LogP contribution in [0.2, 0.25) is 0 Å². The molecule has 0 aliphatic rings. The number of hydrogen-bond acceptors (Lipinski definition) is 4. The monoisotopic (exact) mass is 332 g/mol. The van der Waals surface area contributed by atoms with Crippen molar-refractivity contribution in [2.24, 2.45) is 0 Å². The Morgan fingerprint density at radius 2 is 1.84 bits per heavy atom. The highest BCUT2D eigenvalue weighted by atomic mass is 16.2. The van der Waals surface area contributed by atoms with E-state index in [1.165, 1.54) is 4.68 Å². The molecule has 6 heteroatoms. The molecule has 0 aliphatic heterocycles. The molecule has 25 heavy (non-hydrogen) atoms. The first-order valence-corrected chi connectivity index (χ1v) is 7.80. The summed E-state index contributed by atoms with van der Waals surface area (Å²) in [6.45, 7) is 1.65. The maximum atomic E-state index is 12.5. The van der Waals surface area contributed by atoms with Crippen LogP contribution < -0.4 is 10.9 Å². The Bertz CT molecular complexity index is 1030. The third-order valence-electron chi connectivity index (χ3n) is 3.87. The molecule has 0 saturated carbocycles. The average molecular weight is 332 g/mol. The van der Waals surface area contributed by atoms with Crippen LogP contribution in [-0.4, -0.2) is 15.7 Å². The number of nitriles is 1. The van der Waals surface area contributed by atoms with Gasteiger partial charge in [-0.2, -0.15) is 10.4 Å². The van der Waals surface area contributed by atoms with Crippen molar-refractivity contribution in [1.82, 2.24) is 9.78 Å². The van der Waals surface area contributed by atoms with E-state index in [2.05, 4.69) is 16.5 Å². The second-order valence-electron chi connectivity index (χ2n) is 5.67. The predicted molar refractivity (Wildman–Crippen MR) is 95.1 cm³/mol. The number of nitrogens with one attached hydrogen (secondary N) is 1. The summed E-state index contributed by atoms with van der Waals surface area (Å²) in [5, 5.41) is 17.0. The summed E-state index contributed by atoms with van der Waals surface area (Å²) in [6, 6.07) is 16.3. The fourth-order valence-corrected chi connectivity index (χ4v) is 2.65. The van der Waals surface area contributed by atoms with Gasteiger partial charge < -0.3 is 5.32 Å². The molecule has 0 spiro atoms. The summed E-state index contributed by atoms with van der Waals surface area (Å²) in [6.07, 6.45) is 0.323. The van der Waals surface area contributed by atoms with E-state index >= 15 is 0 Å². The van der Waals surface area contributed by atoms with Gasteiger partial charge in [-0.25, -0.2) is 4.68 Å². The molecule has 1 heterocycles. The summed E-state index contributed by atoms with van der Waals surface area (Å²) in [7, 11) is 0. The van der Waals surface area contributed by atoms with Crippen LogP contribution in [0.25, 0.3) is 10.8 Å². The number of amides is 1. The Kier molecular flexibility index (Phi) is 4.57. The van der Waals surface area contributed by atoms with Crippen molar-refractivity contribution in [2.45, 2.75) is 19.9 Å². The number of fused-ring (bicyclic) bond motifs is 1. The van der Waals surface area contributed by atoms with Crippen molar-refractivity contribution in [3.05, 3.63) is 70.1 Å². The SMILES string of the molecule is Cc1nn(CC(=O)Nc2ccc(CC#N)cc2)c(=O)c2ccccc12. The minimum atomic E-state index is -0.336. The van der Waals surface area contributed by atoms with Gasteiger partial charge in [0.2, 0.25) is 5.91 Å². The van der Waals surface area contributed by atoms with E-state index in [9.17, 15) is 9.59 Å². The van der Waals surface area contributed by atoms with Gasteiger partial charge in [0.1, 0.15) is 6.54 Å². The minimum absolute atomic E-state index is 0.162. The summed E-state index contributed by atoms with van der Waals surface area (Å²) < 4.78 is 1.18. The van der Waals surface area contributed by atoms with E-state index in [0.717, 1.165) is 10.9 Å². The van der Waals surface area contributed by atoms with E-state index in [1.807, 2.05) is 19.1 Å². The number of benzene rings is 2. The quantitative estimate of drug-likeness (QED) is 0.795. The maximum Gasteiger partial charge on any atom is 0.275 e. The summed E-state index contributed by atoms with van der Waals surface area (Å²) in [5.74, 6) is -0.336. The third-order valence-corrected chi connectivity index (χ3v) is 3.87. The van der Waals surface area contributed by atoms with Gasteiger partial charge in [-0.3, -0.25) is 9.59 Å². The molecule has 0 saturated heterocycles. The fourth-order valence-electron chi connectivity index (χ4n) is 2.65. The van der Waals surface area contributed by atoms with E-state index in [4.69, 9.17) is 5.26 Å². The molecule has 0 aliphatic carbocycles. The second-order valence-corrected chi connectivity index (χ2v) is 5.67. The van der Waals surface area contributed by atoms with Crippen molar-refractivity contribution in [3.63, 3.8) is 0 Å². The lowest BCUT2D eigenvalue weighted by atomic mass is 10.1. The van der Waals surface area contributed by atoms with Gasteiger partial charge in [-0.1, -0.05) is 30.3 Å². The van der Waals surface area contributed by atoms with Crippen molar-refractivity contribution < 1.29 is 4.79 Å².